The molecule has 1 heterocycles. The highest BCUT2D eigenvalue weighted by atomic mass is 32.2. The molecule has 2 bridgehead atoms. The Morgan fingerprint density at radius 2 is 1.78 bits per heavy atom. The number of hydrogen-bond donors (Lipinski definition) is 0. The summed E-state index contributed by atoms with van der Waals surface area (Å²) in [6.45, 7) is 5.01. The Kier molecular flexibility index (Phi) is 3.41. The SMILES string of the molecule is CCS(=O)(=O)N1CCN([C@@H]2C[C@H]3CC[C@@H]2C3)CC1. The van der Waals surface area contributed by atoms with Gasteiger partial charge in [-0.05, 0) is 38.0 Å². The van der Waals surface area contributed by atoms with Crippen molar-refractivity contribution in [3.05, 3.63) is 0 Å². The maximum atomic E-state index is 11.8. The molecule has 0 aromatic rings. The highest BCUT2D eigenvalue weighted by Gasteiger charge is 2.43. The first-order valence-corrected chi connectivity index (χ1v) is 8.93. The molecule has 2 saturated carbocycles. The first-order chi connectivity index (χ1) is 8.60. The van der Waals surface area contributed by atoms with Crippen molar-refractivity contribution in [2.75, 3.05) is 31.9 Å². The molecule has 3 fully saturated rings. The minimum atomic E-state index is -2.97. The summed E-state index contributed by atoms with van der Waals surface area (Å²) in [5.41, 5.74) is 0. The molecule has 0 aromatic carbocycles. The molecule has 18 heavy (non-hydrogen) atoms. The van der Waals surface area contributed by atoms with Gasteiger partial charge >= 0.3 is 0 Å². The van der Waals surface area contributed by atoms with Crippen LogP contribution >= 0.6 is 0 Å². The summed E-state index contributed by atoms with van der Waals surface area (Å²) in [6, 6.07) is 0.759. The fourth-order valence-electron chi connectivity index (χ4n) is 4.15. The van der Waals surface area contributed by atoms with Crippen molar-refractivity contribution in [2.45, 2.75) is 38.6 Å². The monoisotopic (exact) mass is 272 g/mol. The van der Waals surface area contributed by atoms with Crippen LogP contribution in [0.4, 0.5) is 0 Å². The van der Waals surface area contributed by atoms with E-state index in [0.29, 0.717) is 13.1 Å². The topological polar surface area (TPSA) is 40.6 Å². The summed E-state index contributed by atoms with van der Waals surface area (Å²) in [5.74, 6) is 2.11. The van der Waals surface area contributed by atoms with E-state index in [1.807, 2.05) is 0 Å². The van der Waals surface area contributed by atoms with E-state index in [4.69, 9.17) is 0 Å². The fraction of sp³-hybridized carbons (Fsp3) is 1.00. The van der Waals surface area contributed by atoms with E-state index < -0.39 is 10.0 Å². The summed E-state index contributed by atoms with van der Waals surface area (Å²) in [6.07, 6.45) is 5.64. The third-order valence-electron chi connectivity index (χ3n) is 5.20. The number of rotatable bonds is 3. The van der Waals surface area contributed by atoms with Crippen LogP contribution in [-0.4, -0.2) is 55.6 Å². The maximum Gasteiger partial charge on any atom is 0.213 e. The second kappa shape index (κ2) is 4.76. The van der Waals surface area contributed by atoms with Crippen molar-refractivity contribution < 1.29 is 8.42 Å². The van der Waals surface area contributed by atoms with Crippen molar-refractivity contribution in [2.24, 2.45) is 11.8 Å². The zero-order valence-electron chi connectivity index (χ0n) is 11.2. The normalized spacial score (nSPS) is 38.4. The molecule has 1 aliphatic heterocycles. The molecule has 4 nitrogen and oxygen atoms in total. The third kappa shape index (κ3) is 2.21. The predicted molar refractivity (Wildman–Crippen MR) is 71.8 cm³/mol. The van der Waals surface area contributed by atoms with Gasteiger partial charge in [-0.25, -0.2) is 8.42 Å². The van der Waals surface area contributed by atoms with E-state index >= 15 is 0 Å². The molecule has 0 N–H and O–H groups in total. The number of fused-ring (bicyclic) bond motifs is 2. The lowest BCUT2D eigenvalue weighted by atomic mass is 9.93. The Balaban J connectivity index is 1.58. The van der Waals surface area contributed by atoms with Gasteiger partial charge in [0.1, 0.15) is 0 Å². The molecule has 0 radical (unpaired) electrons. The predicted octanol–water partition coefficient (Wildman–Crippen LogP) is 1.14. The molecule has 104 valence electrons. The molecule has 0 amide bonds. The Morgan fingerprint density at radius 1 is 1.06 bits per heavy atom. The average molecular weight is 272 g/mol. The van der Waals surface area contributed by atoms with Crippen LogP contribution in [0.2, 0.25) is 0 Å². The first kappa shape index (κ1) is 12.9. The Morgan fingerprint density at radius 3 is 2.28 bits per heavy atom. The van der Waals surface area contributed by atoms with E-state index in [0.717, 1.165) is 31.0 Å². The number of sulfonamides is 1. The van der Waals surface area contributed by atoms with Gasteiger partial charge in [-0.15, -0.1) is 0 Å². The van der Waals surface area contributed by atoms with E-state index in [9.17, 15) is 8.42 Å². The molecule has 3 aliphatic rings. The summed E-state index contributed by atoms with van der Waals surface area (Å²) in [7, 11) is -2.97. The van der Waals surface area contributed by atoms with Gasteiger partial charge in [0.25, 0.3) is 0 Å². The quantitative estimate of drug-likeness (QED) is 0.773. The molecule has 0 unspecified atom stereocenters. The van der Waals surface area contributed by atoms with Crippen LogP contribution in [0, 0.1) is 11.8 Å². The Hall–Kier alpha value is -0.130. The molecule has 3 rings (SSSR count). The fourth-order valence-corrected chi connectivity index (χ4v) is 5.24. The largest absolute Gasteiger partial charge is 0.297 e. The van der Waals surface area contributed by atoms with E-state index in [1.54, 1.807) is 11.2 Å². The average Bonchev–Trinajstić information content (AvgIpc) is 3.01. The highest BCUT2D eigenvalue weighted by Crippen LogP contribution is 2.46. The lowest BCUT2D eigenvalue weighted by Gasteiger charge is -2.40. The van der Waals surface area contributed by atoms with Crippen LogP contribution in [0.1, 0.15) is 32.6 Å². The maximum absolute atomic E-state index is 11.8. The third-order valence-corrected chi connectivity index (χ3v) is 7.08. The molecule has 1 saturated heterocycles. The van der Waals surface area contributed by atoms with Gasteiger partial charge in [-0.2, -0.15) is 4.31 Å². The van der Waals surface area contributed by atoms with Gasteiger partial charge in [-0.3, -0.25) is 4.90 Å². The van der Waals surface area contributed by atoms with Gasteiger partial charge in [0.05, 0.1) is 5.75 Å². The molecule has 3 atom stereocenters. The second-order valence-electron chi connectivity index (χ2n) is 6.08. The van der Waals surface area contributed by atoms with Crippen LogP contribution in [0.25, 0.3) is 0 Å². The van der Waals surface area contributed by atoms with Crippen LogP contribution in [0.3, 0.4) is 0 Å². The van der Waals surface area contributed by atoms with Crippen molar-refractivity contribution in [3.8, 4) is 0 Å². The van der Waals surface area contributed by atoms with Gasteiger partial charge in [-0.1, -0.05) is 6.42 Å². The van der Waals surface area contributed by atoms with Gasteiger partial charge in [0.2, 0.25) is 10.0 Å². The Labute approximate surface area is 110 Å². The van der Waals surface area contributed by atoms with Crippen LogP contribution in [-0.2, 0) is 10.0 Å². The number of hydrogen-bond acceptors (Lipinski definition) is 3. The molecule has 0 spiro atoms. The molecular weight excluding hydrogens is 248 g/mol. The van der Waals surface area contributed by atoms with Gasteiger partial charge in [0.15, 0.2) is 0 Å². The highest BCUT2D eigenvalue weighted by molar-refractivity contribution is 7.89. The van der Waals surface area contributed by atoms with Crippen molar-refractivity contribution in [3.63, 3.8) is 0 Å². The summed E-state index contributed by atoms with van der Waals surface area (Å²) in [5, 5.41) is 0. The lowest BCUT2D eigenvalue weighted by Crippen LogP contribution is -2.53. The van der Waals surface area contributed by atoms with E-state index in [-0.39, 0.29) is 5.75 Å². The lowest BCUT2D eigenvalue weighted by molar-refractivity contribution is 0.101. The van der Waals surface area contributed by atoms with Gasteiger partial charge in [0, 0.05) is 32.2 Å². The van der Waals surface area contributed by atoms with Gasteiger partial charge < -0.3 is 0 Å². The molecule has 0 aromatic heterocycles. The zero-order valence-corrected chi connectivity index (χ0v) is 12.0. The standard InChI is InChI=1S/C13H24N2O2S/c1-2-18(16,17)15-7-5-14(6-8-15)13-10-11-3-4-12(13)9-11/h11-13H,2-10H2,1H3/t11-,12+,13+/m0/s1. The summed E-state index contributed by atoms with van der Waals surface area (Å²) in [4.78, 5) is 2.56. The molecule has 5 heteroatoms. The minimum absolute atomic E-state index is 0.237. The summed E-state index contributed by atoms with van der Waals surface area (Å²) < 4.78 is 25.3. The van der Waals surface area contributed by atoms with Crippen molar-refractivity contribution in [1.82, 2.24) is 9.21 Å². The zero-order chi connectivity index (χ0) is 12.8. The molecular formula is C13H24N2O2S. The van der Waals surface area contributed by atoms with E-state index in [2.05, 4.69) is 4.90 Å². The molecule has 2 aliphatic carbocycles. The minimum Gasteiger partial charge on any atom is -0.297 e. The second-order valence-corrected chi connectivity index (χ2v) is 8.34. The number of nitrogens with zero attached hydrogens (tertiary/aromatic N) is 2. The van der Waals surface area contributed by atoms with Crippen LogP contribution in [0.15, 0.2) is 0 Å². The van der Waals surface area contributed by atoms with E-state index in [1.165, 1.54) is 25.7 Å². The van der Waals surface area contributed by atoms with Crippen LogP contribution in [0.5, 0.6) is 0 Å². The Bertz CT molecular complexity index is 401. The van der Waals surface area contributed by atoms with Crippen LogP contribution < -0.4 is 0 Å². The number of piperazine rings is 1. The first-order valence-electron chi connectivity index (χ1n) is 7.32. The van der Waals surface area contributed by atoms with Crippen molar-refractivity contribution >= 4 is 10.0 Å². The van der Waals surface area contributed by atoms with Crippen molar-refractivity contribution in [1.29, 1.82) is 0 Å². The smallest absolute Gasteiger partial charge is 0.213 e. The summed E-state index contributed by atoms with van der Waals surface area (Å²) >= 11 is 0.